The van der Waals surface area contributed by atoms with Crippen molar-refractivity contribution in [1.29, 1.82) is 5.41 Å². The first kappa shape index (κ1) is 20.3. The van der Waals surface area contributed by atoms with Crippen LogP contribution in [0.4, 0.5) is 16.4 Å². The largest absolute Gasteiger partial charge is 0.338 e. The summed E-state index contributed by atoms with van der Waals surface area (Å²) >= 11 is 0. The third-order valence-corrected chi connectivity index (χ3v) is 4.59. The average Bonchev–Trinajstić information content (AvgIpc) is 2.91. The highest BCUT2D eigenvalue weighted by atomic mass is 16.2. The third-order valence-electron chi connectivity index (χ3n) is 4.59. The number of carbonyl (C=O) groups is 1. The maximum absolute atomic E-state index is 11.9. The second-order valence-corrected chi connectivity index (χ2v) is 6.65. The zero-order valence-electron chi connectivity index (χ0n) is 15.8. The smallest absolute Gasteiger partial charge is 0.320 e. The highest BCUT2D eigenvalue weighted by Crippen LogP contribution is 2.13. The second kappa shape index (κ2) is 11.5. The number of nitrogens with zero attached hydrogens (tertiary/aromatic N) is 3. The number of rotatable bonds is 9. The van der Waals surface area contributed by atoms with E-state index in [0.29, 0.717) is 23.7 Å². The number of anilines is 1. The van der Waals surface area contributed by atoms with Gasteiger partial charge in [-0.25, -0.2) is 9.78 Å². The molecule has 1 fully saturated rings. The van der Waals surface area contributed by atoms with E-state index in [-0.39, 0.29) is 6.03 Å². The van der Waals surface area contributed by atoms with Crippen LogP contribution in [0.15, 0.2) is 6.33 Å². The number of amides is 2. The molecule has 0 aromatic carbocycles. The van der Waals surface area contributed by atoms with E-state index >= 15 is 0 Å². The number of urea groups is 1. The summed E-state index contributed by atoms with van der Waals surface area (Å²) in [6.45, 7) is 6.91. The van der Waals surface area contributed by atoms with Gasteiger partial charge in [0.15, 0.2) is 5.82 Å². The Morgan fingerprint density at radius 1 is 1.31 bits per heavy atom. The van der Waals surface area contributed by atoms with E-state index in [0.717, 1.165) is 25.9 Å². The van der Waals surface area contributed by atoms with Crippen LogP contribution in [0, 0.1) is 5.41 Å². The van der Waals surface area contributed by atoms with Crippen molar-refractivity contribution < 1.29 is 10.1 Å². The number of nitrogens with one attached hydrogen (secondary N) is 3. The first-order valence-corrected chi connectivity index (χ1v) is 9.70. The molecule has 8 nitrogen and oxygen atoms in total. The Bertz CT molecular complexity index is 571. The lowest BCUT2D eigenvalue weighted by molar-refractivity contribution is -0.575. The monoisotopic (exact) mass is 362 g/mol. The van der Waals surface area contributed by atoms with Crippen LogP contribution >= 0.6 is 0 Å². The molecule has 0 atom stereocenters. The molecule has 5 N–H and O–H groups in total. The van der Waals surface area contributed by atoms with Gasteiger partial charge < -0.3 is 10.7 Å². The van der Waals surface area contributed by atoms with Crippen LogP contribution < -0.4 is 16.0 Å². The SMILES string of the molecule is CCCCNC(=O)Nc1ncnc([NH2+]CCN2CCCCCC2)c1C=N. The number of unbranched alkanes of at least 4 members (excludes halogenated alkanes) is 1. The Morgan fingerprint density at radius 2 is 2.08 bits per heavy atom. The summed E-state index contributed by atoms with van der Waals surface area (Å²) in [5, 5.41) is 15.2. The summed E-state index contributed by atoms with van der Waals surface area (Å²) in [7, 11) is 0. The number of hydrogen-bond acceptors (Lipinski definition) is 5. The zero-order chi connectivity index (χ0) is 18.6. The maximum Gasteiger partial charge on any atom is 0.320 e. The van der Waals surface area contributed by atoms with Crippen molar-refractivity contribution >= 4 is 23.9 Å². The van der Waals surface area contributed by atoms with Crippen molar-refractivity contribution in [2.75, 3.05) is 38.0 Å². The molecule has 0 spiro atoms. The van der Waals surface area contributed by atoms with E-state index in [1.54, 1.807) is 0 Å². The maximum atomic E-state index is 11.9. The van der Waals surface area contributed by atoms with Crippen LogP contribution in [0.5, 0.6) is 0 Å². The Hall–Kier alpha value is -2.06. The topological polar surface area (TPSA) is 111 Å². The molecule has 2 rings (SSSR count). The van der Waals surface area contributed by atoms with E-state index in [9.17, 15) is 4.79 Å². The molecular weight excluding hydrogens is 330 g/mol. The molecule has 0 bridgehead atoms. The summed E-state index contributed by atoms with van der Waals surface area (Å²) in [6.07, 6.45) is 9.82. The van der Waals surface area contributed by atoms with Crippen molar-refractivity contribution in [2.24, 2.45) is 0 Å². The lowest BCUT2D eigenvalue weighted by Crippen LogP contribution is -2.80. The molecule has 0 unspecified atom stereocenters. The van der Waals surface area contributed by atoms with Gasteiger partial charge >= 0.3 is 6.03 Å². The van der Waals surface area contributed by atoms with E-state index in [1.165, 1.54) is 51.3 Å². The molecule has 1 aliphatic rings. The number of quaternary nitrogens is 1. The molecule has 2 heterocycles. The van der Waals surface area contributed by atoms with Gasteiger partial charge in [-0.1, -0.05) is 26.2 Å². The number of nitrogens with two attached hydrogens (primary N) is 1. The van der Waals surface area contributed by atoms with Gasteiger partial charge in [0, 0.05) is 19.3 Å². The molecule has 1 aromatic heterocycles. The van der Waals surface area contributed by atoms with Crippen LogP contribution in [-0.2, 0) is 0 Å². The highest BCUT2D eigenvalue weighted by Gasteiger charge is 2.16. The van der Waals surface area contributed by atoms with Gasteiger partial charge in [-0.05, 0) is 32.4 Å². The van der Waals surface area contributed by atoms with Crippen molar-refractivity contribution in [2.45, 2.75) is 45.4 Å². The lowest BCUT2D eigenvalue weighted by atomic mass is 10.2. The minimum Gasteiger partial charge on any atom is -0.338 e. The van der Waals surface area contributed by atoms with Gasteiger partial charge in [0.25, 0.3) is 0 Å². The van der Waals surface area contributed by atoms with Crippen LogP contribution in [0.25, 0.3) is 0 Å². The molecule has 0 radical (unpaired) electrons. The van der Waals surface area contributed by atoms with Gasteiger partial charge in [-0.2, -0.15) is 4.98 Å². The molecule has 2 amide bonds. The fourth-order valence-corrected chi connectivity index (χ4v) is 3.09. The van der Waals surface area contributed by atoms with Crippen molar-refractivity contribution in [3.8, 4) is 0 Å². The number of aromatic nitrogens is 2. The Kier molecular flexibility index (Phi) is 8.99. The van der Waals surface area contributed by atoms with Crippen LogP contribution in [-0.4, -0.2) is 59.8 Å². The number of likely N-dealkylation sites (tertiary alicyclic amines) is 1. The minimum absolute atomic E-state index is 0.296. The van der Waals surface area contributed by atoms with Crippen molar-refractivity contribution in [1.82, 2.24) is 20.2 Å². The summed E-state index contributed by atoms with van der Waals surface area (Å²) in [4.78, 5) is 22.9. The van der Waals surface area contributed by atoms with Gasteiger partial charge in [0.05, 0.1) is 6.54 Å². The summed E-state index contributed by atoms with van der Waals surface area (Å²) in [5.41, 5.74) is 0.550. The molecule has 0 saturated carbocycles. The lowest BCUT2D eigenvalue weighted by Gasteiger charge is -2.18. The standard InChI is InChI=1S/C18H31N7O/c1-2-3-8-21-18(26)24-17-15(13-19)16(22-14-23-17)20-9-12-25-10-6-4-5-7-11-25/h13-14,19H,2-12H2,1H3,(H3,20,21,22,23,24,26)/p+1. The first-order chi connectivity index (χ1) is 12.7. The Balaban J connectivity index is 1.89. The molecule has 0 aliphatic carbocycles. The van der Waals surface area contributed by atoms with Crippen LogP contribution in [0.2, 0.25) is 0 Å². The van der Waals surface area contributed by atoms with Gasteiger partial charge in [0.1, 0.15) is 11.9 Å². The van der Waals surface area contributed by atoms with Crippen molar-refractivity contribution in [3.63, 3.8) is 0 Å². The second-order valence-electron chi connectivity index (χ2n) is 6.65. The van der Waals surface area contributed by atoms with Gasteiger partial charge in [-0.3, -0.25) is 15.5 Å². The van der Waals surface area contributed by atoms with Gasteiger partial charge in [-0.15, -0.1) is 0 Å². The number of carbonyl (C=O) groups excluding carboxylic acids is 1. The highest BCUT2D eigenvalue weighted by molar-refractivity contribution is 5.96. The minimum atomic E-state index is -0.296. The Labute approximate surface area is 155 Å². The van der Waals surface area contributed by atoms with E-state index in [2.05, 4.69) is 32.4 Å². The van der Waals surface area contributed by atoms with E-state index < -0.39 is 0 Å². The normalized spacial score (nSPS) is 15.3. The predicted molar refractivity (Wildman–Crippen MR) is 103 cm³/mol. The fraction of sp³-hybridized carbons (Fsp3) is 0.667. The zero-order valence-corrected chi connectivity index (χ0v) is 15.8. The van der Waals surface area contributed by atoms with Crippen molar-refractivity contribution in [3.05, 3.63) is 11.9 Å². The van der Waals surface area contributed by atoms with E-state index in [1.807, 2.05) is 5.32 Å². The van der Waals surface area contributed by atoms with E-state index in [4.69, 9.17) is 5.41 Å². The number of hydrogen-bond donors (Lipinski definition) is 4. The summed E-state index contributed by atoms with van der Waals surface area (Å²) in [6, 6.07) is -0.296. The third kappa shape index (κ3) is 6.68. The predicted octanol–water partition coefficient (Wildman–Crippen LogP) is 1.47. The quantitative estimate of drug-likeness (QED) is 0.394. The summed E-state index contributed by atoms with van der Waals surface area (Å²) in [5.74, 6) is 1.08. The molecule has 1 aliphatic heterocycles. The molecule has 1 saturated heterocycles. The molecule has 1 aromatic rings. The Morgan fingerprint density at radius 3 is 2.77 bits per heavy atom. The first-order valence-electron chi connectivity index (χ1n) is 9.70. The fourth-order valence-electron chi connectivity index (χ4n) is 3.09. The summed E-state index contributed by atoms with van der Waals surface area (Å²) < 4.78 is 0. The molecule has 26 heavy (non-hydrogen) atoms. The average molecular weight is 363 g/mol. The molecule has 8 heteroatoms. The molecule has 144 valence electrons. The molecular formula is C18H32N7O+. The van der Waals surface area contributed by atoms with Gasteiger partial charge in [0.2, 0.25) is 5.82 Å². The van der Waals surface area contributed by atoms with Crippen LogP contribution in [0.3, 0.4) is 0 Å². The van der Waals surface area contributed by atoms with Crippen LogP contribution in [0.1, 0.15) is 51.0 Å².